The van der Waals surface area contributed by atoms with Gasteiger partial charge in [0.05, 0.1) is 17.4 Å². The van der Waals surface area contributed by atoms with Gasteiger partial charge in [-0.3, -0.25) is 9.40 Å². The Balaban J connectivity index is 2.43. The predicted octanol–water partition coefficient (Wildman–Crippen LogP) is 0.675. The van der Waals surface area contributed by atoms with Crippen LogP contribution in [0.1, 0.15) is 5.56 Å². The van der Waals surface area contributed by atoms with Crippen LogP contribution in [-0.2, 0) is 17.1 Å². The van der Waals surface area contributed by atoms with Crippen molar-refractivity contribution >= 4 is 21.4 Å². The van der Waals surface area contributed by atoms with Gasteiger partial charge in [0, 0.05) is 18.9 Å². The largest absolute Gasteiger partial charge is 0.399 e. The molecule has 0 aliphatic heterocycles. The highest BCUT2D eigenvalue weighted by atomic mass is 32.2. The molecule has 0 bridgehead atoms. The summed E-state index contributed by atoms with van der Waals surface area (Å²) in [5.41, 5.74) is 6.17. The van der Waals surface area contributed by atoms with E-state index in [4.69, 9.17) is 11.0 Å². The van der Waals surface area contributed by atoms with Crippen LogP contribution in [0.15, 0.2) is 35.5 Å². The molecule has 0 saturated carbocycles. The number of rotatable bonds is 3. The minimum absolute atomic E-state index is 0.00334. The lowest BCUT2D eigenvalue weighted by atomic mass is 10.2. The molecule has 0 fully saturated rings. The Morgan fingerprint density at radius 2 is 2.21 bits per heavy atom. The zero-order valence-corrected chi connectivity index (χ0v) is 10.8. The van der Waals surface area contributed by atoms with Crippen LogP contribution in [0.5, 0.6) is 0 Å². The van der Waals surface area contributed by atoms with Crippen LogP contribution in [0, 0.1) is 11.3 Å². The number of benzene rings is 1. The van der Waals surface area contributed by atoms with Crippen molar-refractivity contribution in [3.8, 4) is 6.07 Å². The fraction of sp³-hybridized carbons (Fsp3) is 0.0909. The first kappa shape index (κ1) is 12.9. The first-order valence-electron chi connectivity index (χ1n) is 5.23. The van der Waals surface area contributed by atoms with Gasteiger partial charge in [0.15, 0.2) is 0 Å². The molecule has 7 nitrogen and oxygen atoms in total. The number of nitrogens with one attached hydrogen (secondary N) is 1. The van der Waals surface area contributed by atoms with Gasteiger partial charge in [-0.2, -0.15) is 10.4 Å². The van der Waals surface area contributed by atoms with Gasteiger partial charge in [0.2, 0.25) is 0 Å². The van der Waals surface area contributed by atoms with E-state index < -0.39 is 10.0 Å². The quantitative estimate of drug-likeness (QED) is 0.800. The number of aryl methyl sites for hydroxylation is 1. The van der Waals surface area contributed by atoms with E-state index in [1.807, 2.05) is 6.07 Å². The first-order chi connectivity index (χ1) is 8.92. The van der Waals surface area contributed by atoms with Gasteiger partial charge in [-0.05, 0) is 18.2 Å². The summed E-state index contributed by atoms with van der Waals surface area (Å²) in [5, 5.41) is 12.8. The highest BCUT2D eigenvalue weighted by molar-refractivity contribution is 7.92. The summed E-state index contributed by atoms with van der Waals surface area (Å²) >= 11 is 0. The van der Waals surface area contributed by atoms with Crippen LogP contribution < -0.4 is 10.5 Å². The van der Waals surface area contributed by atoms with Gasteiger partial charge in [0.1, 0.15) is 11.0 Å². The summed E-state index contributed by atoms with van der Waals surface area (Å²) in [5.74, 6) is 0. The van der Waals surface area contributed by atoms with Gasteiger partial charge in [-0.1, -0.05) is 0 Å². The van der Waals surface area contributed by atoms with E-state index in [1.54, 1.807) is 7.05 Å². The third-order valence-corrected chi connectivity index (χ3v) is 3.81. The van der Waals surface area contributed by atoms with Crippen molar-refractivity contribution in [2.24, 2.45) is 7.05 Å². The fourth-order valence-electron chi connectivity index (χ4n) is 1.55. The van der Waals surface area contributed by atoms with Crippen molar-refractivity contribution in [3.05, 3.63) is 36.2 Å². The summed E-state index contributed by atoms with van der Waals surface area (Å²) in [6, 6.07) is 5.86. The van der Waals surface area contributed by atoms with Crippen LogP contribution in [0.3, 0.4) is 0 Å². The molecule has 0 saturated heterocycles. The van der Waals surface area contributed by atoms with Crippen LogP contribution in [0.25, 0.3) is 0 Å². The molecule has 1 heterocycles. The Morgan fingerprint density at radius 1 is 1.47 bits per heavy atom. The minimum Gasteiger partial charge on any atom is -0.399 e. The van der Waals surface area contributed by atoms with Crippen molar-refractivity contribution in [1.29, 1.82) is 5.26 Å². The van der Waals surface area contributed by atoms with Gasteiger partial charge in [-0.15, -0.1) is 0 Å². The number of hydrogen-bond donors (Lipinski definition) is 2. The fourth-order valence-corrected chi connectivity index (χ4v) is 2.72. The molecular formula is C11H11N5O2S. The van der Waals surface area contributed by atoms with Crippen LogP contribution in [0.4, 0.5) is 11.4 Å². The van der Waals surface area contributed by atoms with Crippen molar-refractivity contribution in [2.45, 2.75) is 4.90 Å². The minimum atomic E-state index is -3.84. The summed E-state index contributed by atoms with van der Waals surface area (Å²) in [6.45, 7) is 0. The van der Waals surface area contributed by atoms with E-state index in [1.165, 1.54) is 35.3 Å². The number of nitriles is 1. The molecule has 1 aromatic heterocycles. The molecule has 3 N–H and O–H groups in total. The average molecular weight is 277 g/mol. The lowest BCUT2D eigenvalue weighted by Gasteiger charge is -2.07. The molecule has 0 spiro atoms. The molecule has 0 aliphatic carbocycles. The van der Waals surface area contributed by atoms with Gasteiger partial charge in [0.25, 0.3) is 10.0 Å². The van der Waals surface area contributed by atoms with E-state index in [0.29, 0.717) is 11.4 Å². The molecule has 2 rings (SSSR count). The number of nitrogen functional groups attached to an aromatic ring is 1. The molecule has 0 unspecified atom stereocenters. The third kappa shape index (κ3) is 2.66. The molecule has 19 heavy (non-hydrogen) atoms. The van der Waals surface area contributed by atoms with Gasteiger partial charge in [-0.25, -0.2) is 8.42 Å². The molecule has 0 aliphatic rings. The molecule has 2 aromatic rings. The third-order valence-electron chi connectivity index (χ3n) is 2.37. The van der Waals surface area contributed by atoms with Crippen molar-refractivity contribution < 1.29 is 8.42 Å². The Bertz CT molecular complexity index is 758. The number of sulfonamides is 1. The SMILES string of the molecule is Cn1cc(NS(=O)(=O)c2ccc(N)cc2C#N)cn1. The Morgan fingerprint density at radius 3 is 2.79 bits per heavy atom. The molecule has 1 aromatic carbocycles. The van der Waals surface area contributed by atoms with E-state index in [2.05, 4.69) is 9.82 Å². The Labute approximate surface area is 110 Å². The maximum Gasteiger partial charge on any atom is 0.263 e. The number of nitrogens with two attached hydrogens (primary N) is 1. The number of nitrogens with zero attached hydrogens (tertiary/aromatic N) is 3. The monoisotopic (exact) mass is 277 g/mol. The zero-order valence-electron chi connectivity index (χ0n) is 10.0. The molecule has 0 radical (unpaired) electrons. The van der Waals surface area contributed by atoms with E-state index in [9.17, 15) is 8.42 Å². The van der Waals surface area contributed by atoms with Crippen LogP contribution in [0.2, 0.25) is 0 Å². The summed E-state index contributed by atoms with van der Waals surface area (Å²) in [6.07, 6.45) is 2.89. The second kappa shape index (κ2) is 4.62. The highest BCUT2D eigenvalue weighted by Crippen LogP contribution is 2.20. The topological polar surface area (TPSA) is 114 Å². The second-order valence-electron chi connectivity index (χ2n) is 3.88. The smallest absolute Gasteiger partial charge is 0.263 e. The lowest BCUT2D eigenvalue weighted by molar-refractivity contribution is 0.601. The Kier molecular flexibility index (Phi) is 3.14. The molecule has 0 atom stereocenters. The van der Waals surface area contributed by atoms with Gasteiger partial charge < -0.3 is 5.73 Å². The average Bonchev–Trinajstić information content (AvgIpc) is 2.73. The number of anilines is 2. The summed E-state index contributed by atoms with van der Waals surface area (Å²) in [4.78, 5) is -0.118. The molecular weight excluding hydrogens is 266 g/mol. The highest BCUT2D eigenvalue weighted by Gasteiger charge is 2.19. The van der Waals surface area contributed by atoms with Crippen molar-refractivity contribution in [2.75, 3.05) is 10.5 Å². The Hall–Kier alpha value is -2.53. The molecule has 98 valence electrons. The lowest BCUT2D eigenvalue weighted by Crippen LogP contribution is -2.14. The van der Waals surface area contributed by atoms with E-state index in [0.717, 1.165) is 0 Å². The number of hydrogen-bond acceptors (Lipinski definition) is 5. The second-order valence-corrected chi connectivity index (χ2v) is 5.53. The molecule has 8 heteroatoms. The summed E-state index contributed by atoms with van der Waals surface area (Å²) < 4.78 is 28.1. The van der Waals surface area contributed by atoms with Crippen molar-refractivity contribution in [1.82, 2.24) is 9.78 Å². The van der Waals surface area contributed by atoms with E-state index >= 15 is 0 Å². The van der Waals surface area contributed by atoms with Crippen LogP contribution >= 0.6 is 0 Å². The maximum atomic E-state index is 12.2. The van der Waals surface area contributed by atoms with Gasteiger partial charge >= 0.3 is 0 Å². The predicted molar refractivity (Wildman–Crippen MR) is 69.6 cm³/mol. The normalized spacial score (nSPS) is 10.9. The molecule has 0 amide bonds. The zero-order chi connectivity index (χ0) is 14.0. The van der Waals surface area contributed by atoms with E-state index in [-0.39, 0.29) is 10.5 Å². The first-order valence-corrected chi connectivity index (χ1v) is 6.72. The standard InChI is InChI=1S/C11H11N5O2S/c1-16-7-10(6-14-16)15-19(17,18)11-3-2-9(13)4-8(11)5-12/h2-4,6-7,15H,13H2,1H3. The van der Waals surface area contributed by atoms with Crippen molar-refractivity contribution in [3.63, 3.8) is 0 Å². The summed E-state index contributed by atoms with van der Waals surface area (Å²) in [7, 11) is -2.17. The van der Waals surface area contributed by atoms with Crippen LogP contribution in [-0.4, -0.2) is 18.2 Å². The number of aromatic nitrogens is 2. The maximum absolute atomic E-state index is 12.2.